The molecule has 0 aliphatic rings. The molecule has 0 atom stereocenters. The molecule has 3 rings (SSSR count). The number of azo groups is 1. The zero-order valence-electron chi connectivity index (χ0n) is 12.3. The largest absolute Gasteiger partial charge is 0.461 e. The van der Waals surface area contributed by atoms with E-state index in [1.54, 1.807) is 47.9 Å². The van der Waals surface area contributed by atoms with E-state index in [4.69, 9.17) is 4.74 Å². The lowest BCUT2D eigenvalue weighted by molar-refractivity contribution is 0.0521. The molecule has 1 aromatic carbocycles. The number of nitrogens with zero attached hydrogens (tertiary/aromatic N) is 4. The van der Waals surface area contributed by atoms with Gasteiger partial charge in [-0.15, -0.1) is 10.2 Å². The Morgan fingerprint density at radius 2 is 2.00 bits per heavy atom. The van der Waals surface area contributed by atoms with Gasteiger partial charge in [0, 0.05) is 6.20 Å². The molecule has 2 heterocycles. The zero-order valence-corrected chi connectivity index (χ0v) is 12.3. The third-order valence-electron chi connectivity index (χ3n) is 3.08. The van der Waals surface area contributed by atoms with Gasteiger partial charge in [-0.1, -0.05) is 18.2 Å². The van der Waals surface area contributed by atoms with Crippen molar-refractivity contribution in [2.24, 2.45) is 10.2 Å². The van der Waals surface area contributed by atoms with E-state index >= 15 is 0 Å². The van der Waals surface area contributed by atoms with Gasteiger partial charge < -0.3 is 4.74 Å². The first-order chi connectivity index (χ1) is 11.2. The third kappa shape index (κ3) is 2.94. The van der Waals surface area contributed by atoms with E-state index in [-0.39, 0.29) is 23.8 Å². The van der Waals surface area contributed by atoms with Crippen molar-refractivity contribution in [3.63, 3.8) is 0 Å². The van der Waals surface area contributed by atoms with Gasteiger partial charge in [0.05, 0.1) is 6.61 Å². The molecule has 6 nitrogen and oxygen atoms in total. The quantitative estimate of drug-likeness (QED) is 0.539. The maximum atomic E-state index is 13.6. The van der Waals surface area contributed by atoms with Gasteiger partial charge >= 0.3 is 5.97 Å². The molecule has 0 saturated carbocycles. The van der Waals surface area contributed by atoms with E-state index in [0.717, 1.165) is 0 Å². The number of carbonyl (C=O) groups is 1. The van der Waals surface area contributed by atoms with Crippen LogP contribution in [0.1, 0.15) is 17.4 Å². The highest BCUT2D eigenvalue weighted by atomic mass is 19.1. The minimum absolute atomic E-state index is 0.0399. The summed E-state index contributed by atoms with van der Waals surface area (Å²) in [4.78, 5) is 16.2. The molecule has 7 heteroatoms. The molecule has 0 unspecified atom stereocenters. The van der Waals surface area contributed by atoms with Crippen LogP contribution < -0.4 is 0 Å². The fraction of sp³-hybridized carbons (Fsp3) is 0.125. The van der Waals surface area contributed by atoms with Crippen LogP contribution in [0.25, 0.3) is 5.65 Å². The second-order valence-electron chi connectivity index (χ2n) is 4.58. The molecule has 3 aromatic rings. The lowest BCUT2D eigenvalue weighted by atomic mass is 10.3. The summed E-state index contributed by atoms with van der Waals surface area (Å²) in [5, 5.41) is 7.90. The van der Waals surface area contributed by atoms with E-state index in [1.807, 2.05) is 0 Å². The predicted octanol–water partition coefficient (Wildman–Crippen LogP) is 4.07. The maximum Gasteiger partial charge on any atom is 0.360 e. The summed E-state index contributed by atoms with van der Waals surface area (Å²) >= 11 is 0. The molecular weight excluding hydrogens is 299 g/mol. The van der Waals surface area contributed by atoms with Gasteiger partial charge in [0.2, 0.25) is 0 Å². The Morgan fingerprint density at radius 1 is 1.22 bits per heavy atom. The van der Waals surface area contributed by atoms with Crippen LogP contribution in [0.3, 0.4) is 0 Å². The van der Waals surface area contributed by atoms with E-state index in [1.165, 1.54) is 12.1 Å². The predicted molar refractivity (Wildman–Crippen MR) is 81.7 cm³/mol. The van der Waals surface area contributed by atoms with E-state index < -0.39 is 11.8 Å². The zero-order chi connectivity index (χ0) is 16.2. The standard InChI is InChI=1S/C16H13FN4O2/c1-2-23-16(22)14-15(21-10-6-5-9-13(21)18-14)20-19-12-8-4-3-7-11(12)17/h3-10H,2H2,1H3. The van der Waals surface area contributed by atoms with Crippen LogP contribution in [0.15, 0.2) is 58.9 Å². The number of pyridine rings is 1. The molecule has 0 amide bonds. The topological polar surface area (TPSA) is 68.3 Å². The first kappa shape index (κ1) is 14.8. The van der Waals surface area contributed by atoms with Crippen molar-refractivity contribution >= 4 is 23.1 Å². The van der Waals surface area contributed by atoms with Gasteiger partial charge in [-0.05, 0) is 31.2 Å². The Morgan fingerprint density at radius 3 is 2.78 bits per heavy atom. The molecule has 0 saturated heterocycles. The van der Waals surface area contributed by atoms with Gasteiger partial charge in [-0.3, -0.25) is 4.40 Å². The Bertz CT molecular complexity index is 889. The number of carbonyl (C=O) groups excluding carboxylic acids is 1. The van der Waals surface area contributed by atoms with Crippen molar-refractivity contribution in [3.8, 4) is 0 Å². The van der Waals surface area contributed by atoms with Crippen LogP contribution in [-0.4, -0.2) is 22.0 Å². The van der Waals surface area contributed by atoms with Crippen molar-refractivity contribution in [1.82, 2.24) is 9.38 Å². The van der Waals surface area contributed by atoms with Crippen LogP contribution in [0.4, 0.5) is 15.9 Å². The average Bonchev–Trinajstić information content (AvgIpc) is 2.93. The normalized spacial score (nSPS) is 11.2. The van der Waals surface area contributed by atoms with E-state index in [2.05, 4.69) is 15.2 Å². The second kappa shape index (κ2) is 6.35. The number of esters is 1. The number of fused-ring (bicyclic) bond motifs is 1. The van der Waals surface area contributed by atoms with E-state index in [9.17, 15) is 9.18 Å². The number of hydrogen-bond donors (Lipinski definition) is 0. The molecule has 0 spiro atoms. The Hall–Kier alpha value is -3.09. The molecule has 0 aliphatic heterocycles. The summed E-state index contributed by atoms with van der Waals surface area (Å²) in [5.74, 6) is -0.899. The summed E-state index contributed by atoms with van der Waals surface area (Å²) in [6, 6.07) is 11.3. The Kier molecular flexibility index (Phi) is 4.09. The number of aromatic nitrogens is 2. The van der Waals surface area contributed by atoms with Crippen LogP contribution >= 0.6 is 0 Å². The van der Waals surface area contributed by atoms with Crippen molar-refractivity contribution in [1.29, 1.82) is 0 Å². The van der Waals surface area contributed by atoms with Crippen LogP contribution in [0.2, 0.25) is 0 Å². The molecule has 0 fully saturated rings. The summed E-state index contributed by atoms with van der Waals surface area (Å²) in [7, 11) is 0. The highest BCUT2D eigenvalue weighted by molar-refractivity contribution is 5.93. The smallest absolute Gasteiger partial charge is 0.360 e. The summed E-state index contributed by atoms with van der Waals surface area (Å²) < 4.78 is 20.2. The number of ether oxygens (including phenoxy) is 1. The SMILES string of the molecule is CCOC(=O)c1nc2ccccn2c1N=Nc1ccccc1F. The first-order valence-corrected chi connectivity index (χ1v) is 7.01. The highest BCUT2D eigenvalue weighted by Gasteiger charge is 2.20. The van der Waals surface area contributed by atoms with Crippen LogP contribution in [0, 0.1) is 5.82 Å². The molecule has 0 N–H and O–H groups in total. The van der Waals surface area contributed by atoms with Crippen molar-refractivity contribution in [2.75, 3.05) is 6.61 Å². The number of rotatable bonds is 4. The van der Waals surface area contributed by atoms with Gasteiger partial charge in [0.25, 0.3) is 0 Å². The lowest BCUT2D eigenvalue weighted by Gasteiger charge is -1.99. The fourth-order valence-electron chi connectivity index (χ4n) is 2.05. The Balaban J connectivity index is 2.09. The third-order valence-corrected chi connectivity index (χ3v) is 3.08. The molecule has 23 heavy (non-hydrogen) atoms. The van der Waals surface area contributed by atoms with Crippen molar-refractivity contribution in [3.05, 3.63) is 60.2 Å². The molecule has 116 valence electrons. The monoisotopic (exact) mass is 312 g/mol. The minimum Gasteiger partial charge on any atom is -0.461 e. The Labute approximate surface area is 131 Å². The summed E-state index contributed by atoms with van der Waals surface area (Å²) in [5.41, 5.74) is 0.643. The van der Waals surface area contributed by atoms with Crippen molar-refractivity contribution in [2.45, 2.75) is 6.92 Å². The number of hydrogen-bond acceptors (Lipinski definition) is 5. The molecule has 2 aromatic heterocycles. The van der Waals surface area contributed by atoms with Crippen molar-refractivity contribution < 1.29 is 13.9 Å². The van der Waals surface area contributed by atoms with Gasteiger partial charge in [0.15, 0.2) is 17.3 Å². The lowest BCUT2D eigenvalue weighted by Crippen LogP contribution is -2.05. The minimum atomic E-state index is -0.598. The first-order valence-electron chi connectivity index (χ1n) is 7.01. The fourth-order valence-corrected chi connectivity index (χ4v) is 2.05. The number of imidazole rings is 1. The van der Waals surface area contributed by atoms with Gasteiger partial charge in [-0.25, -0.2) is 14.2 Å². The summed E-state index contributed by atoms with van der Waals surface area (Å²) in [6.45, 7) is 1.92. The van der Waals surface area contributed by atoms with E-state index in [0.29, 0.717) is 5.65 Å². The van der Waals surface area contributed by atoms with Gasteiger partial charge in [0.1, 0.15) is 11.3 Å². The molecule has 0 radical (unpaired) electrons. The summed E-state index contributed by atoms with van der Waals surface area (Å²) in [6.07, 6.45) is 1.70. The second-order valence-corrected chi connectivity index (χ2v) is 4.58. The number of halogens is 1. The molecular formula is C16H13FN4O2. The molecule has 0 bridgehead atoms. The van der Waals surface area contributed by atoms with Gasteiger partial charge in [-0.2, -0.15) is 0 Å². The molecule has 0 aliphatic carbocycles. The maximum absolute atomic E-state index is 13.6. The highest BCUT2D eigenvalue weighted by Crippen LogP contribution is 2.25. The van der Waals surface area contributed by atoms with Crippen LogP contribution in [0.5, 0.6) is 0 Å². The average molecular weight is 312 g/mol. The van der Waals surface area contributed by atoms with Crippen LogP contribution in [-0.2, 0) is 4.74 Å². The number of benzene rings is 1.